The largest absolute Gasteiger partial charge is 0.356 e. The molecule has 2 amide bonds. The molecule has 2 unspecified atom stereocenters. The fourth-order valence-electron chi connectivity index (χ4n) is 2.74. The lowest BCUT2D eigenvalue weighted by molar-refractivity contribution is -0.125. The van der Waals surface area contributed by atoms with Gasteiger partial charge in [0.2, 0.25) is 11.8 Å². The number of nitrogens with zero attached hydrogens (tertiary/aromatic N) is 1. The second kappa shape index (κ2) is 7.59. The molecule has 0 spiro atoms. The highest BCUT2D eigenvalue weighted by Gasteiger charge is 2.47. The van der Waals surface area contributed by atoms with Gasteiger partial charge in [-0.05, 0) is 58.5 Å². The number of amides is 2. The van der Waals surface area contributed by atoms with Crippen molar-refractivity contribution in [2.45, 2.75) is 26.7 Å². The number of hydrogen-bond donors (Lipinski definition) is 2. The Morgan fingerprint density at radius 2 is 1.74 bits per heavy atom. The number of para-hydroxylation sites is 1. The summed E-state index contributed by atoms with van der Waals surface area (Å²) in [6, 6.07) is 5.93. The lowest BCUT2D eigenvalue weighted by Gasteiger charge is -2.11. The molecule has 2 atom stereocenters. The van der Waals surface area contributed by atoms with Crippen LogP contribution in [0.15, 0.2) is 18.2 Å². The van der Waals surface area contributed by atoms with Crippen molar-refractivity contribution in [3.05, 3.63) is 29.3 Å². The van der Waals surface area contributed by atoms with Gasteiger partial charge in [0.1, 0.15) is 0 Å². The molecule has 1 aromatic carbocycles. The molecule has 0 aromatic heterocycles. The van der Waals surface area contributed by atoms with Crippen molar-refractivity contribution in [2.24, 2.45) is 11.8 Å². The standard InChI is InChI=1S/C18H27N3O2/c1-12-7-5-8-13(2)16(12)20-18(23)15-11-14(15)17(22)19-9-6-10-21(3)4/h5,7-8,14-15H,6,9-11H2,1-4H3,(H,19,22)(H,20,23). The minimum atomic E-state index is -0.192. The summed E-state index contributed by atoms with van der Waals surface area (Å²) in [6.45, 7) is 5.56. The molecule has 2 N–H and O–H groups in total. The van der Waals surface area contributed by atoms with Crippen molar-refractivity contribution in [1.82, 2.24) is 10.2 Å². The van der Waals surface area contributed by atoms with E-state index in [1.807, 2.05) is 46.1 Å². The van der Waals surface area contributed by atoms with Crippen LogP contribution in [-0.2, 0) is 9.59 Å². The van der Waals surface area contributed by atoms with E-state index in [1.54, 1.807) is 0 Å². The molecule has 23 heavy (non-hydrogen) atoms. The summed E-state index contributed by atoms with van der Waals surface area (Å²) in [5.41, 5.74) is 2.96. The minimum absolute atomic E-state index is 0.00501. The second-order valence-electron chi connectivity index (χ2n) is 6.65. The Labute approximate surface area is 138 Å². The van der Waals surface area contributed by atoms with Gasteiger partial charge in [-0.25, -0.2) is 0 Å². The molecule has 0 radical (unpaired) electrons. The van der Waals surface area contributed by atoms with Crippen LogP contribution in [0.4, 0.5) is 5.69 Å². The third-order valence-corrected chi connectivity index (χ3v) is 4.27. The molecule has 0 aliphatic heterocycles. The van der Waals surface area contributed by atoms with E-state index in [2.05, 4.69) is 15.5 Å². The maximum atomic E-state index is 12.3. The Bertz CT molecular complexity index is 563. The van der Waals surface area contributed by atoms with Crippen molar-refractivity contribution in [3.63, 3.8) is 0 Å². The van der Waals surface area contributed by atoms with Crippen LogP contribution >= 0.6 is 0 Å². The van der Waals surface area contributed by atoms with Crippen LogP contribution in [0.25, 0.3) is 0 Å². The van der Waals surface area contributed by atoms with Crippen molar-refractivity contribution < 1.29 is 9.59 Å². The van der Waals surface area contributed by atoms with Crippen LogP contribution in [0.2, 0.25) is 0 Å². The maximum absolute atomic E-state index is 12.3. The average Bonchev–Trinajstić information content (AvgIpc) is 3.27. The third-order valence-electron chi connectivity index (χ3n) is 4.27. The molecule has 0 bridgehead atoms. The highest BCUT2D eigenvalue weighted by molar-refractivity contribution is 6.00. The Morgan fingerprint density at radius 1 is 1.13 bits per heavy atom. The van der Waals surface area contributed by atoms with E-state index < -0.39 is 0 Å². The molecule has 5 nitrogen and oxygen atoms in total. The van der Waals surface area contributed by atoms with Crippen molar-refractivity contribution in [1.29, 1.82) is 0 Å². The summed E-state index contributed by atoms with van der Waals surface area (Å²) in [4.78, 5) is 26.4. The van der Waals surface area contributed by atoms with E-state index in [9.17, 15) is 9.59 Å². The fourth-order valence-corrected chi connectivity index (χ4v) is 2.74. The van der Waals surface area contributed by atoms with Crippen LogP contribution in [0, 0.1) is 25.7 Å². The van der Waals surface area contributed by atoms with Gasteiger partial charge in [-0.15, -0.1) is 0 Å². The summed E-state index contributed by atoms with van der Waals surface area (Å²) in [7, 11) is 4.02. The van der Waals surface area contributed by atoms with Gasteiger partial charge >= 0.3 is 0 Å². The summed E-state index contributed by atoms with van der Waals surface area (Å²) < 4.78 is 0. The normalized spacial score (nSPS) is 19.5. The first kappa shape index (κ1) is 17.5. The molecule has 1 aliphatic carbocycles. The van der Waals surface area contributed by atoms with Gasteiger partial charge in [-0.2, -0.15) is 0 Å². The van der Waals surface area contributed by atoms with Gasteiger partial charge in [0.15, 0.2) is 0 Å². The lowest BCUT2D eigenvalue weighted by atomic mass is 10.1. The van der Waals surface area contributed by atoms with Gasteiger partial charge in [0.25, 0.3) is 0 Å². The SMILES string of the molecule is Cc1cccc(C)c1NC(=O)C1CC1C(=O)NCCCN(C)C. The third kappa shape index (κ3) is 4.79. The summed E-state index contributed by atoms with van der Waals surface area (Å²) >= 11 is 0. The van der Waals surface area contributed by atoms with E-state index in [4.69, 9.17) is 0 Å². The van der Waals surface area contributed by atoms with E-state index in [0.717, 1.165) is 29.8 Å². The highest BCUT2D eigenvalue weighted by atomic mass is 16.2. The predicted molar refractivity (Wildman–Crippen MR) is 92.3 cm³/mol. The van der Waals surface area contributed by atoms with Gasteiger partial charge in [-0.3, -0.25) is 9.59 Å². The van der Waals surface area contributed by atoms with Gasteiger partial charge in [0.05, 0.1) is 11.8 Å². The van der Waals surface area contributed by atoms with Crippen molar-refractivity contribution in [3.8, 4) is 0 Å². The monoisotopic (exact) mass is 317 g/mol. The molecule has 126 valence electrons. The first-order valence-corrected chi connectivity index (χ1v) is 8.19. The fraction of sp³-hybridized carbons (Fsp3) is 0.556. The van der Waals surface area contributed by atoms with E-state index in [1.165, 1.54) is 0 Å². The predicted octanol–water partition coefficient (Wildman–Crippen LogP) is 1.95. The molecule has 5 heteroatoms. The van der Waals surface area contributed by atoms with E-state index in [-0.39, 0.29) is 23.7 Å². The first-order valence-electron chi connectivity index (χ1n) is 8.19. The Balaban J connectivity index is 1.79. The highest BCUT2D eigenvalue weighted by Crippen LogP contribution is 2.39. The molecule has 1 aromatic rings. The van der Waals surface area contributed by atoms with Gasteiger partial charge < -0.3 is 15.5 Å². The summed E-state index contributed by atoms with van der Waals surface area (Å²) in [5, 5.41) is 5.91. The van der Waals surface area contributed by atoms with Crippen molar-refractivity contribution in [2.75, 3.05) is 32.5 Å². The molecule has 0 heterocycles. The molecular formula is C18H27N3O2. The number of nitrogens with one attached hydrogen (secondary N) is 2. The second-order valence-corrected chi connectivity index (χ2v) is 6.65. The van der Waals surface area contributed by atoms with Crippen LogP contribution in [0.3, 0.4) is 0 Å². The topological polar surface area (TPSA) is 61.4 Å². The van der Waals surface area contributed by atoms with Crippen molar-refractivity contribution >= 4 is 17.5 Å². The minimum Gasteiger partial charge on any atom is -0.356 e. The quantitative estimate of drug-likeness (QED) is 0.756. The van der Waals surface area contributed by atoms with Gasteiger partial charge in [-0.1, -0.05) is 18.2 Å². The Morgan fingerprint density at radius 3 is 2.35 bits per heavy atom. The van der Waals surface area contributed by atoms with Crippen LogP contribution in [0.1, 0.15) is 24.0 Å². The maximum Gasteiger partial charge on any atom is 0.228 e. The van der Waals surface area contributed by atoms with E-state index in [0.29, 0.717) is 13.0 Å². The Hall–Kier alpha value is -1.88. The number of carbonyl (C=O) groups excluding carboxylic acids is 2. The zero-order valence-corrected chi connectivity index (χ0v) is 14.5. The number of aryl methyl sites for hydroxylation is 2. The summed E-state index contributed by atoms with van der Waals surface area (Å²) in [5.74, 6) is -0.400. The number of benzene rings is 1. The number of rotatable bonds is 7. The molecule has 2 rings (SSSR count). The molecular weight excluding hydrogens is 290 g/mol. The van der Waals surface area contributed by atoms with E-state index >= 15 is 0 Å². The Kier molecular flexibility index (Phi) is 5.77. The average molecular weight is 317 g/mol. The zero-order chi connectivity index (χ0) is 17.0. The molecule has 0 saturated heterocycles. The van der Waals surface area contributed by atoms with Crippen LogP contribution < -0.4 is 10.6 Å². The molecule has 1 fully saturated rings. The first-order chi connectivity index (χ1) is 10.9. The number of carbonyl (C=O) groups is 2. The lowest BCUT2D eigenvalue weighted by Crippen LogP contribution is -2.30. The number of hydrogen-bond acceptors (Lipinski definition) is 3. The molecule has 1 saturated carbocycles. The summed E-state index contributed by atoms with van der Waals surface area (Å²) in [6.07, 6.45) is 1.57. The number of anilines is 1. The molecule has 1 aliphatic rings. The van der Waals surface area contributed by atoms with Crippen LogP contribution in [-0.4, -0.2) is 43.9 Å². The van der Waals surface area contributed by atoms with Gasteiger partial charge in [0, 0.05) is 12.2 Å². The zero-order valence-electron chi connectivity index (χ0n) is 14.5. The van der Waals surface area contributed by atoms with Crippen LogP contribution in [0.5, 0.6) is 0 Å². The smallest absolute Gasteiger partial charge is 0.228 e.